The number of urea groups is 1. The number of primary amides is 1. The number of benzene rings is 1. The van der Waals surface area contributed by atoms with E-state index in [0.717, 1.165) is 37.7 Å². The monoisotopic (exact) mass is 678 g/mol. The zero-order valence-electron chi connectivity index (χ0n) is 26.6. The molecule has 4 atom stereocenters. The van der Waals surface area contributed by atoms with Crippen molar-refractivity contribution in [3.8, 4) is 0 Å². The van der Waals surface area contributed by atoms with Crippen LogP contribution in [0.2, 0.25) is 0 Å². The number of hydrogen-bond acceptors (Lipinski definition) is 6. The van der Waals surface area contributed by atoms with Crippen LogP contribution in [0, 0.1) is 5.92 Å². The van der Waals surface area contributed by atoms with E-state index in [4.69, 9.17) is 5.73 Å². The third kappa shape index (κ3) is 11.0. The number of amides is 4. The maximum atomic E-state index is 14.9. The number of halogens is 2. The smallest absolute Gasteiger partial charge is 0.315 e. The Kier molecular flexibility index (Phi) is 15.0. The highest BCUT2D eigenvalue weighted by molar-refractivity contribution is 5.92. The maximum absolute atomic E-state index is 14.9. The number of H-pyrrole nitrogens is 2. The summed E-state index contributed by atoms with van der Waals surface area (Å²) in [6, 6.07) is 5.73. The molecule has 4 rings (SSSR count). The molecule has 46 heavy (non-hydrogen) atoms. The van der Waals surface area contributed by atoms with Crippen molar-refractivity contribution < 1.29 is 19.5 Å². The standard InChI is InChI=1S/C32H46N8O4.2ClH/c1-32(2,3)39-31(44)38-24(16-21-10-6-4-7-11-21)30(43)40(26(28(33)42)18-23-19-34-20-37-23)25(17-22-12-8-5-9-13-22)27(41)29-35-14-15-36-29;;/h4,6-7,10-11,14-15,19-20,22,24-27,41H,5,8-9,12-13,16-18H2,1-3H3,(H2,33,42)(H,34,37)(H,35,36)(H2,38,39,44);2*1H/t24-,25-,26-,27+;;/m0../s1. The molecule has 1 fully saturated rings. The van der Waals surface area contributed by atoms with Gasteiger partial charge in [0.2, 0.25) is 11.8 Å². The number of carbonyl (C=O) groups is 3. The Labute approximate surface area is 282 Å². The molecule has 0 saturated heterocycles. The number of nitrogens with zero attached hydrogens (tertiary/aromatic N) is 3. The number of aromatic amines is 2. The highest BCUT2D eigenvalue weighted by Crippen LogP contribution is 2.34. The van der Waals surface area contributed by atoms with Gasteiger partial charge in [-0.25, -0.2) is 14.8 Å². The topological polar surface area (TPSA) is 182 Å². The van der Waals surface area contributed by atoms with E-state index in [9.17, 15) is 19.5 Å². The maximum Gasteiger partial charge on any atom is 0.315 e. The lowest BCUT2D eigenvalue weighted by Crippen LogP contribution is -2.62. The molecule has 1 aliphatic rings. The van der Waals surface area contributed by atoms with Crippen molar-refractivity contribution >= 4 is 42.7 Å². The number of aliphatic hydroxyl groups is 1. The largest absolute Gasteiger partial charge is 0.383 e. The normalized spacial score (nSPS) is 16.1. The first-order valence-corrected chi connectivity index (χ1v) is 15.4. The quantitative estimate of drug-likeness (QED) is 0.159. The lowest BCUT2D eigenvalue weighted by molar-refractivity contribution is -0.148. The Balaban J connectivity index is 0.00000368. The molecule has 0 unspecified atom stereocenters. The first kappa shape index (κ1) is 38.6. The van der Waals surface area contributed by atoms with Crippen LogP contribution in [0.3, 0.4) is 0 Å². The summed E-state index contributed by atoms with van der Waals surface area (Å²) in [5, 5.41) is 17.6. The zero-order chi connectivity index (χ0) is 31.7. The molecule has 2 heterocycles. The lowest BCUT2D eigenvalue weighted by Gasteiger charge is -2.42. The second-order valence-electron chi connectivity index (χ2n) is 12.7. The van der Waals surface area contributed by atoms with Crippen molar-refractivity contribution in [3.05, 3.63) is 72.3 Å². The van der Waals surface area contributed by atoms with Crippen LogP contribution in [0.5, 0.6) is 0 Å². The van der Waals surface area contributed by atoms with Gasteiger partial charge in [0.05, 0.1) is 18.1 Å². The molecule has 2 aromatic heterocycles. The van der Waals surface area contributed by atoms with E-state index >= 15 is 0 Å². The van der Waals surface area contributed by atoms with Crippen molar-refractivity contribution in [2.45, 2.75) is 102 Å². The third-order valence-electron chi connectivity index (χ3n) is 8.07. The predicted octanol–water partition coefficient (Wildman–Crippen LogP) is 3.98. The minimum absolute atomic E-state index is 0. The average Bonchev–Trinajstić information content (AvgIpc) is 3.70. The van der Waals surface area contributed by atoms with Crippen LogP contribution in [0.4, 0.5) is 4.79 Å². The van der Waals surface area contributed by atoms with E-state index in [1.165, 1.54) is 17.4 Å². The fraction of sp³-hybridized carbons (Fsp3) is 0.531. The van der Waals surface area contributed by atoms with E-state index < -0.39 is 47.6 Å². The molecule has 4 amide bonds. The minimum atomic E-state index is -1.24. The van der Waals surface area contributed by atoms with Gasteiger partial charge in [-0.2, -0.15) is 0 Å². The molecule has 0 bridgehead atoms. The molecule has 254 valence electrons. The Bertz CT molecular complexity index is 1330. The van der Waals surface area contributed by atoms with E-state index in [1.54, 1.807) is 12.4 Å². The fourth-order valence-electron chi connectivity index (χ4n) is 6.03. The average molecular weight is 680 g/mol. The molecule has 0 radical (unpaired) electrons. The van der Waals surface area contributed by atoms with Crippen LogP contribution < -0.4 is 16.4 Å². The van der Waals surface area contributed by atoms with Crippen molar-refractivity contribution in [3.63, 3.8) is 0 Å². The molecule has 1 saturated carbocycles. The van der Waals surface area contributed by atoms with Gasteiger partial charge in [-0.05, 0) is 38.7 Å². The first-order valence-electron chi connectivity index (χ1n) is 15.4. The number of rotatable bonds is 13. The summed E-state index contributed by atoms with van der Waals surface area (Å²) in [5.74, 6) is -0.759. The summed E-state index contributed by atoms with van der Waals surface area (Å²) in [6.45, 7) is 5.54. The van der Waals surface area contributed by atoms with Crippen LogP contribution in [0.25, 0.3) is 0 Å². The number of nitrogens with two attached hydrogens (primary N) is 1. The molecule has 14 heteroatoms. The highest BCUT2D eigenvalue weighted by atomic mass is 35.5. The van der Waals surface area contributed by atoms with Crippen LogP contribution in [-0.2, 0) is 22.4 Å². The summed E-state index contributed by atoms with van der Waals surface area (Å²) in [6.07, 6.45) is 10.8. The Morgan fingerprint density at radius 2 is 1.76 bits per heavy atom. The van der Waals surface area contributed by atoms with Crippen molar-refractivity contribution in [1.29, 1.82) is 0 Å². The van der Waals surface area contributed by atoms with Crippen molar-refractivity contribution in [1.82, 2.24) is 35.5 Å². The number of imidazole rings is 2. The van der Waals surface area contributed by atoms with Crippen LogP contribution in [-0.4, -0.2) is 71.5 Å². The number of carbonyl (C=O) groups excluding carboxylic acids is 3. The first-order chi connectivity index (χ1) is 21.0. The third-order valence-corrected chi connectivity index (χ3v) is 8.07. The summed E-state index contributed by atoms with van der Waals surface area (Å²) in [5.41, 5.74) is 6.84. The number of nitrogens with one attached hydrogen (secondary N) is 4. The summed E-state index contributed by atoms with van der Waals surface area (Å²) >= 11 is 0. The molecular weight excluding hydrogens is 631 g/mol. The Morgan fingerprint density at radius 3 is 2.33 bits per heavy atom. The van der Waals surface area contributed by atoms with Gasteiger partial charge in [-0.1, -0.05) is 62.4 Å². The minimum Gasteiger partial charge on any atom is -0.383 e. The summed E-state index contributed by atoms with van der Waals surface area (Å²) in [4.78, 5) is 57.2. The van der Waals surface area contributed by atoms with Gasteiger partial charge in [0, 0.05) is 37.0 Å². The fourth-order valence-corrected chi connectivity index (χ4v) is 6.03. The van der Waals surface area contributed by atoms with Gasteiger partial charge in [0.15, 0.2) is 0 Å². The Morgan fingerprint density at radius 1 is 1.07 bits per heavy atom. The second kappa shape index (κ2) is 17.9. The van der Waals surface area contributed by atoms with Gasteiger partial charge in [0.1, 0.15) is 24.0 Å². The van der Waals surface area contributed by atoms with Gasteiger partial charge >= 0.3 is 6.03 Å². The molecule has 12 nitrogen and oxygen atoms in total. The van der Waals surface area contributed by atoms with Gasteiger partial charge in [0.25, 0.3) is 0 Å². The predicted molar refractivity (Wildman–Crippen MR) is 180 cm³/mol. The molecule has 7 N–H and O–H groups in total. The lowest BCUT2D eigenvalue weighted by atomic mass is 9.82. The summed E-state index contributed by atoms with van der Waals surface area (Å²) < 4.78 is 0. The molecule has 0 aliphatic heterocycles. The molecule has 1 aliphatic carbocycles. The van der Waals surface area contributed by atoms with Crippen LogP contribution >= 0.6 is 24.8 Å². The second-order valence-corrected chi connectivity index (χ2v) is 12.7. The van der Waals surface area contributed by atoms with Crippen LogP contribution in [0.1, 0.15) is 82.5 Å². The molecule has 0 spiro atoms. The zero-order valence-corrected chi connectivity index (χ0v) is 28.3. The summed E-state index contributed by atoms with van der Waals surface area (Å²) in [7, 11) is 0. The van der Waals surface area contributed by atoms with E-state index in [-0.39, 0.29) is 49.4 Å². The van der Waals surface area contributed by atoms with Crippen LogP contribution in [0.15, 0.2) is 55.2 Å². The van der Waals surface area contributed by atoms with Gasteiger partial charge in [-0.15, -0.1) is 24.8 Å². The number of aliphatic hydroxyl groups excluding tert-OH is 1. The molecule has 1 aromatic carbocycles. The molecular formula is C32H48Cl2N8O4. The van der Waals surface area contributed by atoms with E-state index in [0.29, 0.717) is 12.1 Å². The number of hydrogen-bond donors (Lipinski definition) is 6. The van der Waals surface area contributed by atoms with E-state index in [2.05, 4.69) is 30.6 Å². The van der Waals surface area contributed by atoms with Crippen molar-refractivity contribution in [2.75, 3.05) is 0 Å². The van der Waals surface area contributed by atoms with Gasteiger partial charge < -0.3 is 36.3 Å². The van der Waals surface area contributed by atoms with E-state index in [1.807, 2.05) is 51.1 Å². The highest BCUT2D eigenvalue weighted by Gasteiger charge is 2.43. The van der Waals surface area contributed by atoms with Gasteiger partial charge in [-0.3, -0.25) is 9.59 Å². The molecule has 3 aromatic rings. The SMILES string of the molecule is CC(C)(C)NC(=O)N[C@@H](Cc1ccccc1)C(=O)N([C@@H](Cc1c[nH]cn1)C(N)=O)[C@@H](CC1CCCCC1)[C@@H](O)c1ncc[nH]1.Cl.Cl. The number of aromatic nitrogens is 4. The Hall–Kier alpha value is -3.61. The van der Waals surface area contributed by atoms with Crippen molar-refractivity contribution in [2.24, 2.45) is 11.7 Å².